The Balaban J connectivity index is 1.46. The molecule has 0 spiro atoms. The van der Waals surface area contributed by atoms with E-state index < -0.39 is 0 Å². The monoisotopic (exact) mass is 549 g/mol. The highest BCUT2D eigenvalue weighted by molar-refractivity contribution is 9.10. The number of amides is 1. The molecule has 3 aromatic carbocycles. The molecule has 1 heterocycles. The summed E-state index contributed by atoms with van der Waals surface area (Å²) in [5, 5.41) is 7.68. The Morgan fingerprint density at radius 2 is 1.72 bits per heavy atom. The first-order valence-corrected chi connectivity index (χ1v) is 12.2. The zero-order valence-corrected chi connectivity index (χ0v) is 22.3. The number of carbonyl (C=O) groups excluding carboxylic acids is 1. The Bertz CT molecular complexity index is 1380. The molecule has 0 saturated carbocycles. The lowest BCUT2D eigenvalue weighted by Gasteiger charge is -2.11. The number of rotatable bonds is 9. The van der Waals surface area contributed by atoms with Crippen LogP contribution in [0.25, 0.3) is 0 Å². The summed E-state index contributed by atoms with van der Waals surface area (Å²) in [4.78, 5) is 13.1. The third-order valence-electron chi connectivity index (χ3n) is 5.79. The molecule has 0 aliphatic rings. The summed E-state index contributed by atoms with van der Waals surface area (Å²) in [5.74, 6) is 1.89. The van der Waals surface area contributed by atoms with Gasteiger partial charge < -0.3 is 19.5 Å². The van der Waals surface area contributed by atoms with E-state index >= 15 is 0 Å². The predicted octanol–water partition coefficient (Wildman–Crippen LogP) is 6.16. The van der Waals surface area contributed by atoms with E-state index in [1.54, 1.807) is 20.3 Å². The van der Waals surface area contributed by atoms with Crippen LogP contribution in [0.4, 0.5) is 5.69 Å². The molecule has 0 bridgehead atoms. The highest BCUT2D eigenvalue weighted by atomic mass is 79.9. The molecule has 0 aliphatic heterocycles. The van der Waals surface area contributed by atoms with Crippen LogP contribution >= 0.6 is 15.9 Å². The van der Waals surface area contributed by atoms with Crippen molar-refractivity contribution in [2.75, 3.05) is 19.5 Å². The average molecular weight is 550 g/mol. The van der Waals surface area contributed by atoms with Crippen molar-refractivity contribution in [3.8, 4) is 17.2 Å². The number of anilines is 1. The fraction of sp³-hybridized carbons (Fsp3) is 0.214. The number of halogens is 1. The summed E-state index contributed by atoms with van der Waals surface area (Å²) < 4.78 is 19.4. The fourth-order valence-electron chi connectivity index (χ4n) is 3.90. The zero-order valence-electron chi connectivity index (χ0n) is 20.7. The van der Waals surface area contributed by atoms with Crippen LogP contribution in [-0.4, -0.2) is 29.9 Å². The lowest BCUT2D eigenvalue weighted by Crippen LogP contribution is -2.14. The number of hydrogen-bond donors (Lipinski definition) is 1. The summed E-state index contributed by atoms with van der Waals surface area (Å²) >= 11 is 3.44. The molecule has 1 aromatic heterocycles. The predicted molar refractivity (Wildman–Crippen MR) is 143 cm³/mol. The summed E-state index contributed by atoms with van der Waals surface area (Å²) in [6.45, 7) is 4.72. The van der Waals surface area contributed by atoms with Gasteiger partial charge in [-0.25, -0.2) is 0 Å². The molecule has 0 unspecified atom stereocenters. The maximum atomic E-state index is 13.1. The van der Waals surface area contributed by atoms with E-state index in [1.807, 2.05) is 79.2 Å². The molecule has 0 atom stereocenters. The third-order valence-corrected chi connectivity index (χ3v) is 6.28. The first kappa shape index (κ1) is 25.3. The van der Waals surface area contributed by atoms with Gasteiger partial charge in [0.25, 0.3) is 5.91 Å². The second kappa shape index (κ2) is 11.3. The number of benzene rings is 3. The van der Waals surface area contributed by atoms with Crippen LogP contribution in [0, 0.1) is 13.8 Å². The van der Waals surface area contributed by atoms with Gasteiger partial charge in [-0.05, 0) is 67.4 Å². The van der Waals surface area contributed by atoms with E-state index in [2.05, 4.69) is 26.3 Å². The molecular weight excluding hydrogens is 522 g/mol. The van der Waals surface area contributed by atoms with Gasteiger partial charge in [-0.1, -0.05) is 40.2 Å². The van der Waals surface area contributed by atoms with Gasteiger partial charge in [0.1, 0.15) is 12.4 Å². The number of carbonyl (C=O) groups is 1. The highest BCUT2D eigenvalue weighted by Crippen LogP contribution is 2.29. The molecule has 7 nitrogen and oxygen atoms in total. The highest BCUT2D eigenvalue weighted by Gasteiger charge is 2.16. The van der Waals surface area contributed by atoms with Crippen molar-refractivity contribution in [3.05, 3.63) is 99.3 Å². The standard InChI is InChI=1S/C28H28BrN3O4/c1-18-27(19(2)32(31-18)16-20-11-12-25(34-3)26(14-20)35-4)30-28(33)22-8-5-7-21(13-22)17-36-24-10-6-9-23(29)15-24/h5-15H,16-17H2,1-4H3,(H,30,33). The van der Waals surface area contributed by atoms with Crippen LogP contribution in [-0.2, 0) is 13.2 Å². The number of nitrogens with zero attached hydrogens (tertiary/aromatic N) is 2. The first-order valence-electron chi connectivity index (χ1n) is 11.4. The van der Waals surface area contributed by atoms with Crippen LogP contribution in [0.2, 0.25) is 0 Å². The lowest BCUT2D eigenvalue weighted by molar-refractivity contribution is 0.102. The van der Waals surface area contributed by atoms with Crippen molar-refractivity contribution in [1.29, 1.82) is 0 Å². The lowest BCUT2D eigenvalue weighted by atomic mass is 10.1. The molecule has 1 amide bonds. The topological polar surface area (TPSA) is 74.6 Å². The smallest absolute Gasteiger partial charge is 0.255 e. The SMILES string of the molecule is COc1ccc(Cn2nc(C)c(NC(=O)c3cccc(COc4cccc(Br)c4)c3)c2C)cc1OC. The van der Waals surface area contributed by atoms with Gasteiger partial charge in [-0.3, -0.25) is 9.48 Å². The van der Waals surface area contributed by atoms with Crippen molar-refractivity contribution in [2.24, 2.45) is 0 Å². The van der Waals surface area contributed by atoms with Crippen LogP contribution in [0.1, 0.15) is 32.9 Å². The second-order valence-electron chi connectivity index (χ2n) is 8.29. The molecule has 186 valence electrons. The Morgan fingerprint density at radius 1 is 0.944 bits per heavy atom. The summed E-state index contributed by atoms with van der Waals surface area (Å²) in [7, 11) is 3.22. The van der Waals surface area contributed by atoms with Gasteiger partial charge in [0.05, 0.1) is 37.8 Å². The van der Waals surface area contributed by atoms with Gasteiger partial charge in [0.15, 0.2) is 11.5 Å². The molecule has 4 aromatic rings. The van der Waals surface area contributed by atoms with Crippen molar-refractivity contribution < 1.29 is 19.0 Å². The number of aromatic nitrogens is 2. The van der Waals surface area contributed by atoms with Crippen LogP contribution < -0.4 is 19.5 Å². The first-order chi connectivity index (χ1) is 17.4. The average Bonchev–Trinajstić information content (AvgIpc) is 3.14. The molecule has 1 N–H and O–H groups in total. The summed E-state index contributed by atoms with van der Waals surface area (Å²) in [5.41, 5.74) is 4.78. The molecule has 0 aliphatic carbocycles. The quantitative estimate of drug-likeness (QED) is 0.270. The van der Waals surface area contributed by atoms with E-state index in [9.17, 15) is 4.79 Å². The second-order valence-corrected chi connectivity index (χ2v) is 9.21. The Labute approximate surface area is 219 Å². The summed E-state index contributed by atoms with van der Waals surface area (Å²) in [6.07, 6.45) is 0. The molecule has 0 saturated heterocycles. The fourth-order valence-corrected chi connectivity index (χ4v) is 4.27. The maximum Gasteiger partial charge on any atom is 0.255 e. The summed E-state index contributed by atoms with van der Waals surface area (Å²) in [6, 6.07) is 20.8. The molecular formula is C28H28BrN3O4. The van der Waals surface area contributed by atoms with E-state index in [4.69, 9.17) is 14.2 Å². The van der Waals surface area contributed by atoms with E-state index in [0.29, 0.717) is 35.9 Å². The van der Waals surface area contributed by atoms with Gasteiger partial charge in [-0.2, -0.15) is 5.10 Å². The minimum atomic E-state index is -0.198. The van der Waals surface area contributed by atoms with Crippen LogP contribution in [0.3, 0.4) is 0 Å². The number of aryl methyl sites for hydroxylation is 1. The van der Waals surface area contributed by atoms with E-state index in [-0.39, 0.29) is 5.91 Å². The van der Waals surface area contributed by atoms with E-state index in [0.717, 1.165) is 32.7 Å². The molecule has 0 radical (unpaired) electrons. The Kier molecular flexibility index (Phi) is 7.95. The third kappa shape index (κ3) is 5.88. The Hall–Kier alpha value is -3.78. The zero-order chi connectivity index (χ0) is 25.7. The van der Waals surface area contributed by atoms with Gasteiger partial charge >= 0.3 is 0 Å². The normalized spacial score (nSPS) is 10.7. The molecule has 0 fully saturated rings. The number of hydrogen-bond acceptors (Lipinski definition) is 5. The molecule has 8 heteroatoms. The maximum absolute atomic E-state index is 13.1. The molecule has 36 heavy (non-hydrogen) atoms. The van der Waals surface area contributed by atoms with Crippen molar-refractivity contribution in [2.45, 2.75) is 27.0 Å². The minimum Gasteiger partial charge on any atom is -0.493 e. The van der Waals surface area contributed by atoms with Gasteiger partial charge in [0.2, 0.25) is 0 Å². The van der Waals surface area contributed by atoms with Crippen molar-refractivity contribution >= 4 is 27.5 Å². The van der Waals surface area contributed by atoms with Gasteiger partial charge in [0, 0.05) is 10.0 Å². The van der Waals surface area contributed by atoms with Crippen molar-refractivity contribution in [1.82, 2.24) is 9.78 Å². The van der Waals surface area contributed by atoms with Crippen LogP contribution in [0.5, 0.6) is 17.2 Å². The van der Waals surface area contributed by atoms with Crippen LogP contribution in [0.15, 0.2) is 71.2 Å². The number of ether oxygens (including phenoxy) is 3. The Morgan fingerprint density at radius 3 is 2.47 bits per heavy atom. The van der Waals surface area contributed by atoms with Crippen molar-refractivity contribution in [3.63, 3.8) is 0 Å². The number of nitrogens with one attached hydrogen (secondary N) is 1. The minimum absolute atomic E-state index is 0.198. The number of methoxy groups -OCH3 is 2. The van der Waals surface area contributed by atoms with E-state index in [1.165, 1.54) is 0 Å². The molecule has 4 rings (SSSR count). The van der Waals surface area contributed by atoms with Gasteiger partial charge in [-0.15, -0.1) is 0 Å². The largest absolute Gasteiger partial charge is 0.493 e.